The first-order chi connectivity index (χ1) is 6.53. The fourth-order valence-corrected chi connectivity index (χ4v) is 0.968. The first-order valence-corrected chi connectivity index (χ1v) is 4.60. The quantitative estimate of drug-likeness (QED) is 0.487. The topological polar surface area (TPSA) is 17.1 Å². The molecule has 0 saturated carbocycles. The van der Waals surface area contributed by atoms with Crippen LogP contribution in [0.2, 0.25) is 0 Å². The molecule has 0 spiro atoms. The third-order valence-corrected chi connectivity index (χ3v) is 1.66. The first-order valence-electron chi connectivity index (χ1n) is 4.60. The Morgan fingerprint density at radius 1 is 1.21 bits per heavy atom. The van der Waals surface area contributed by atoms with E-state index >= 15 is 0 Å². The van der Waals surface area contributed by atoms with Gasteiger partial charge in [0.1, 0.15) is 0 Å². The first kappa shape index (κ1) is 10.5. The lowest BCUT2D eigenvalue weighted by Gasteiger charge is -2.07. The summed E-state index contributed by atoms with van der Waals surface area (Å²) in [7, 11) is 0. The molecular formula is C13H14O. The summed E-state index contributed by atoms with van der Waals surface area (Å²) >= 11 is 0. The highest BCUT2D eigenvalue weighted by molar-refractivity contribution is 5.79. The van der Waals surface area contributed by atoms with Crippen LogP contribution in [-0.2, 0) is 0 Å². The van der Waals surface area contributed by atoms with Gasteiger partial charge in [-0.05, 0) is 26.8 Å². The summed E-state index contributed by atoms with van der Waals surface area (Å²) in [5.74, 6) is 6.13. The zero-order valence-electron chi connectivity index (χ0n) is 8.79. The van der Waals surface area contributed by atoms with E-state index in [4.69, 9.17) is 0 Å². The fraction of sp³-hybridized carbons (Fsp3) is 0.308. The van der Waals surface area contributed by atoms with Gasteiger partial charge in [0.25, 0.3) is 0 Å². The molecule has 1 nitrogen and oxygen atoms in total. The maximum absolute atomic E-state index is 10.7. The van der Waals surface area contributed by atoms with Gasteiger partial charge in [-0.15, -0.1) is 0 Å². The average Bonchev–Trinajstić information content (AvgIpc) is 2.14. The Balaban J connectivity index is 3.06. The minimum Gasteiger partial charge on any atom is -0.298 e. The Bertz CT molecular complexity index is 386. The predicted octanol–water partition coefficient (Wildman–Crippen LogP) is 2.90. The largest absolute Gasteiger partial charge is 0.298 e. The standard InChI is InChI=1S/C13H14O/c1-13(2,3)9-8-11-6-4-5-7-12(11)10-14/h4-7,10H,1-3H3. The summed E-state index contributed by atoms with van der Waals surface area (Å²) in [4.78, 5) is 10.7. The van der Waals surface area contributed by atoms with Gasteiger partial charge in [0.05, 0.1) is 0 Å². The molecular weight excluding hydrogens is 172 g/mol. The second-order valence-electron chi connectivity index (χ2n) is 4.21. The van der Waals surface area contributed by atoms with E-state index in [1.165, 1.54) is 0 Å². The predicted molar refractivity (Wildman–Crippen MR) is 58.2 cm³/mol. The normalized spacial score (nSPS) is 10.2. The molecule has 1 heteroatoms. The third kappa shape index (κ3) is 3.06. The lowest BCUT2D eigenvalue weighted by Crippen LogP contribution is -1.99. The molecule has 0 fully saturated rings. The number of benzene rings is 1. The van der Waals surface area contributed by atoms with Crippen LogP contribution < -0.4 is 0 Å². The van der Waals surface area contributed by atoms with Crippen molar-refractivity contribution in [2.24, 2.45) is 5.41 Å². The van der Waals surface area contributed by atoms with Crippen LogP contribution in [0.3, 0.4) is 0 Å². The molecule has 0 heterocycles. The van der Waals surface area contributed by atoms with Gasteiger partial charge >= 0.3 is 0 Å². The summed E-state index contributed by atoms with van der Waals surface area (Å²) in [5, 5.41) is 0. The molecule has 0 aliphatic heterocycles. The van der Waals surface area contributed by atoms with Gasteiger partial charge in [-0.1, -0.05) is 30.0 Å². The SMILES string of the molecule is CC(C)(C)C#Cc1ccccc1C=O. The van der Waals surface area contributed by atoms with Crippen LogP contribution in [0.1, 0.15) is 36.7 Å². The minimum absolute atomic E-state index is 0.0318. The molecule has 72 valence electrons. The van der Waals surface area contributed by atoms with Crippen molar-refractivity contribution in [2.45, 2.75) is 20.8 Å². The van der Waals surface area contributed by atoms with Crippen molar-refractivity contribution in [3.8, 4) is 11.8 Å². The van der Waals surface area contributed by atoms with Gasteiger partial charge in [-0.2, -0.15) is 0 Å². The Morgan fingerprint density at radius 2 is 1.86 bits per heavy atom. The van der Waals surface area contributed by atoms with E-state index < -0.39 is 0 Å². The molecule has 0 aliphatic rings. The molecule has 0 N–H and O–H groups in total. The van der Waals surface area contributed by atoms with Crippen molar-refractivity contribution in [1.29, 1.82) is 0 Å². The lowest BCUT2D eigenvalue weighted by molar-refractivity contribution is 0.112. The monoisotopic (exact) mass is 186 g/mol. The Morgan fingerprint density at radius 3 is 2.43 bits per heavy atom. The van der Waals surface area contributed by atoms with Crippen LogP contribution in [0.4, 0.5) is 0 Å². The number of aldehydes is 1. The molecule has 0 atom stereocenters. The molecule has 1 rings (SSSR count). The van der Waals surface area contributed by atoms with Crippen molar-refractivity contribution in [3.63, 3.8) is 0 Å². The second-order valence-corrected chi connectivity index (χ2v) is 4.21. The van der Waals surface area contributed by atoms with Gasteiger partial charge < -0.3 is 0 Å². The van der Waals surface area contributed by atoms with Crippen molar-refractivity contribution in [3.05, 3.63) is 35.4 Å². The van der Waals surface area contributed by atoms with E-state index in [9.17, 15) is 4.79 Å². The van der Waals surface area contributed by atoms with Crippen molar-refractivity contribution in [2.75, 3.05) is 0 Å². The Labute approximate surface area is 85.1 Å². The van der Waals surface area contributed by atoms with Crippen LogP contribution in [-0.4, -0.2) is 6.29 Å². The fourth-order valence-electron chi connectivity index (χ4n) is 0.968. The van der Waals surface area contributed by atoms with Crippen LogP contribution in [0, 0.1) is 17.3 Å². The highest BCUT2D eigenvalue weighted by Gasteiger charge is 2.04. The zero-order valence-corrected chi connectivity index (χ0v) is 8.79. The molecule has 0 bridgehead atoms. The molecule has 14 heavy (non-hydrogen) atoms. The molecule has 0 aliphatic carbocycles. The maximum atomic E-state index is 10.7. The van der Waals surface area contributed by atoms with E-state index in [2.05, 4.69) is 11.8 Å². The highest BCUT2D eigenvalue weighted by Crippen LogP contribution is 2.11. The number of hydrogen-bond acceptors (Lipinski definition) is 1. The summed E-state index contributed by atoms with van der Waals surface area (Å²) in [6.45, 7) is 6.14. The smallest absolute Gasteiger partial charge is 0.151 e. The zero-order chi connectivity index (χ0) is 10.6. The summed E-state index contributed by atoms with van der Waals surface area (Å²) in [5.41, 5.74) is 1.43. The average molecular weight is 186 g/mol. The van der Waals surface area contributed by atoms with Gasteiger partial charge in [0.15, 0.2) is 6.29 Å². The molecule has 0 radical (unpaired) electrons. The van der Waals surface area contributed by atoms with Gasteiger partial charge in [0.2, 0.25) is 0 Å². The van der Waals surface area contributed by atoms with Gasteiger partial charge in [-0.25, -0.2) is 0 Å². The van der Waals surface area contributed by atoms with Crippen LogP contribution in [0.5, 0.6) is 0 Å². The van der Waals surface area contributed by atoms with E-state index in [1.54, 1.807) is 6.07 Å². The van der Waals surface area contributed by atoms with Crippen molar-refractivity contribution >= 4 is 6.29 Å². The van der Waals surface area contributed by atoms with Crippen LogP contribution in [0.25, 0.3) is 0 Å². The molecule has 1 aromatic rings. The molecule has 0 amide bonds. The van der Waals surface area contributed by atoms with Crippen molar-refractivity contribution < 1.29 is 4.79 Å². The Hall–Kier alpha value is -1.55. The molecule has 0 saturated heterocycles. The number of carbonyl (C=O) groups excluding carboxylic acids is 1. The molecule has 1 aromatic carbocycles. The molecule has 0 aromatic heterocycles. The summed E-state index contributed by atoms with van der Waals surface area (Å²) in [6.07, 6.45) is 0.840. The van der Waals surface area contributed by atoms with E-state index in [0.29, 0.717) is 5.56 Å². The van der Waals surface area contributed by atoms with Gasteiger partial charge in [0, 0.05) is 16.5 Å². The summed E-state index contributed by atoms with van der Waals surface area (Å²) in [6, 6.07) is 7.37. The van der Waals surface area contributed by atoms with Gasteiger partial charge in [-0.3, -0.25) is 4.79 Å². The Kier molecular flexibility index (Phi) is 3.09. The number of rotatable bonds is 1. The maximum Gasteiger partial charge on any atom is 0.151 e. The van der Waals surface area contributed by atoms with Crippen LogP contribution in [0.15, 0.2) is 24.3 Å². The minimum atomic E-state index is -0.0318. The van der Waals surface area contributed by atoms with Crippen LogP contribution >= 0.6 is 0 Å². The number of hydrogen-bond donors (Lipinski definition) is 0. The van der Waals surface area contributed by atoms with Crippen molar-refractivity contribution in [1.82, 2.24) is 0 Å². The van der Waals surface area contributed by atoms with E-state index in [0.717, 1.165) is 11.8 Å². The third-order valence-electron chi connectivity index (χ3n) is 1.66. The second kappa shape index (κ2) is 4.11. The highest BCUT2D eigenvalue weighted by atomic mass is 16.1. The summed E-state index contributed by atoms with van der Waals surface area (Å²) < 4.78 is 0. The molecule has 0 unspecified atom stereocenters. The lowest BCUT2D eigenvalue weighted by atomic mass is 9.97. The van der Waals surface area contributed by atoms with E-state index in [1.807, 2.05) is 39.0 Å². The van der Waals surface area contributed by atoms with E-state index in [-0.39, 0.29) is 5.41 Å². The number of carbonyl (C=O) groups is 1.